The molecule has 3 rings (SSSR count). The van der Waals surface area contributed by atoms with Gasteiger partial charge in [0, 0.05) is 29.5 Å². The van der Waals surface area contributed by atoms with E-state index in [2.05, 4.69) is 15.5 Å². The Morgan fingerprint density at radius 1 is 1.17 bits per heavy atom. The van der Waals surface area contributed by atoms with Crippen molar-refractivity contribution < 1.29 is 14.2 Å². The molecule has 3 aromatic rings. The Kier molecular flexibility index (Phi) is 5.72. The highest BCUT2D eigenvalue weighted by Gasteiger charge is 2.28. The van der Waals surface area contributed by atoms with Crippen LogP contribution in [-0.4, -0.2) is 21.0 Å². The van der Waals surface area contributed by atoms with Crippen molar-refractivity contribution in [3.8, 4) is 11.4 Å². The molecule has 8 nitrogen and oxygen atoms in total. The second kappa shape index (κ2) is 8.22. The Hall–Kier alpha value is -3.55. The molecule has 1 heterocycles. The van der Waals surface area contributed by atoms with E-state index in [0.717, 1.165) is 5.56 Å². The number of hydrogen-bond donors (Lipinski definition) is 1. The van der Waals surface area contributed by atoms with Gasteiger partial charge in [0.05, 0.1) is 4.92 Å². The molecule has 1 amide bonds. The van der Waals surface area contributed by atoms with E-state index in [4.69, 9.17) is 4.52 Å². The third-order valence-electron chi connectivity index (χ3n) is 4.32. The van der Waals surface area contributed by atoms with Gasteiger partial charge in [-0.15, -0.1) is 0 Å². The molecular weight excluding hydrogens is 372 g/mol. The molecule has 0 aliphatic carbocycles. The zero-order valence-corrected chi connectivity index (χ0v) is 16.5. The molecule has 1 aromatic heterocycles. The molecule has 2 aromatic carbocycles. The zero-order chi connectivity index (χ0) is 21.0. The van der Waals surface area contributed by atoms with E-state index < -0.39 is 16.4 Å². The number of nitrogens with one attached hydrogen (secondary N) is 1. The van der Waals surface area contributed by atoms with Gasteiger partial charge >= 0.3 is 0 Å². The summed E-state index contributed by atoms with van der Waals surface area (Å²) >= 11 is 0. The maximum Gasteiger partial charge on any atom is 0.270 e. The molecular formula is C21H22N4O4. The second-order valence-electron chi connectivity index (χ2n) is 7.73. The lowest BCUT2D eigenvalue weighted by molar-refractivity contribution is -0.384. The molecule has 0 radical (unpaired) electrons. The van der Waals surface area contributed by atoms with Crippen molar-refractivity contribution in [2.24, 2.45) is 5.41 Å². The molecule has 8 heteroatoms. The third kappa shape index (κ3) is 5.04. The molecule has 0 spiro atoms. The van der Waals surface area contributed by atoms with Crippen LogP contribution in [0.1, 0.15) is 38.3 Å². The molecule has 0 saturated carbocycles. The maximum absolute atomic E-state index is 12.6. The van der Waals surface area contributed by atoms with Gasteiger partial charge < -0.3 is 9.84 Å². The van der Waals surface area contributed by atoms with Crippen LogP contribution >= 0.6 is 0 Å². The Bertz CT molecular complexity index is 1010. The highest BCUT2D eigenvalue weighted by molar-refractivity contribution is 5.81. The number of benzene rings is 2. The number of rotatable bonds is 6. The molecule has 1 N–H and O–H groups in total. The topological polar surface area (TPSA) is 111 Å². The van der Waals surface area contributed by atoms with Gasteiger partial charge in [-0.25, -0.2) is 0 Å². The molecule has 0 bridgehead atoms. The summed E-state index contributed by atoms with van der Waals surface area (Å²) in [5, 5.41) is 17.9. The van der Waals surface area contributed by atoms with Crippen molar-refractivity contribution in [2.75, 3.05) is 0 Å². The Labute approximate surface area is 168 Å². The maximum atomic E-state index is 12.6. The first-order chi connectivity index (χ1) is 13.7. The van der Waals surface area contributed by atoms with Crippen LogP contribution in [0.15, 0.2) is 59.1 Å². The lowest BCUT2D eigenvalue weighted by Crippen LogP contribution is -2.38. The summed E-state index contributed by atoms with van der Waals surface area (Å²) in [7, 11) is 0. The minimum Gasteiger partial charge on any atom is -0.344 e. The van der Waals surface area contributed by atoms with Gasteiger partial charge in [-0.05, 0) is 5.56 Å². The third-order valence-corrected chi connectivity index (χ3v) is 4.32. The standard InChI is InChI=1S/C21H22N4O4/c1-21(2,3)20(26)22-17(12-14-8-5-4-6-9-14)19-23-18(24-29-19)15-10-7-11-16(13-15)25(27)28/h4-11,13,17H,12H2,1-3H3,(H,22,26). The number of nitro benzene ring substituents is 1. The molecule has 29 heavy (non-hydrogen) atoms. The molecule has 0 fully saturated rings. The number of hydrogen-bond acceptors (Lipinski definition) is 6. The minimum absolute atomic E-state index is 0.0595. The lowest BCUT2D eigenvalue weighted by Gasteiger charge is -2.22. The normalized spacial score (nSPS) is 12.4. The fraction of sp³-hybridized carbons (Fsp3) is 0.286. The predicted molar refractivity (Wildman–Crippen MR) is 107 cm³/mol. The van der Waals surface area contributed by atoms with Crippen molar-refractivity contribution in [2.45, 2.75) is 33.2 Å². The summed E-state index contributed by atoms with van der Waals surface area (Å²) in [4.78, 5) is 27.5. The Morgan fingerprint density at radius 3 is 2.55 bits per heavy atom. The molecule has 0 saturated heterocycles. The summed E-state index contributed by atoms with van der Waals surface area (Å²) < 4.78 is 5.42. The van der Waals surface area contributed by atoms with E-state index >= 15 is 0 Å². The van der Waals surface area contributed by atoms with Crippen LogP contribution < -0.4 is 5.32 Å². The van der Waals surface area contributed by atoms with Gasteiger partial charge in [-0.3, -0.25) is 14.9 Å². The SMILES string of the molecule is CC(C)(C)C(=O)NC(Cc1ccccc1)c1nc(-c2cccc([N+](=O)[O-])c2)no1. The van der Waals surface area contributed by atoms with Crippen LogP contribution in [0.25, 0.3) is 11.4 Å². The van der Waals surface area contributed by atoms with Gasteiger partial charge in [0.15, 0.2) is 0 Å². The molecule has 1 atom stereocenters. The van der Waals surface area contributed by atoms with E-state index in [1.807, 2.05) is 51.1 Å². The fourth-order valence-corrected chi connectivity index (χ4v) is 2.68. The fourth-order valence-electron chi connectivity index (χ4n) is 2.68. The average Bonchev–Trinajstić information content (AvgIpc) is 3.18. The molecule has 0 aliphatic heterocycles. The first-order valence-corrected chi connectivity index (χ1v) is 9.17. The number of carbonyl (C=O) groups excluding carboxylic acids is 1. The van der Waals surface area contributed by atoms with Crippen LogP contribution in [0.4, 0.5) is 5.69 Å². The van der Waals surface area contributed by atoms with Crippen molar-refractivity contribution in [3.63, 3.8) is 0 Å². The summed E-state index contributed by atoms with van der Waals surface area (Å²) in [6.07, 6.45) is 0.471. The monoisotopic (exact) mass is 394 g/mol. The molecule has 1 unspecified atom stereocenters. The summed E-state index contributed by atoms with van der Waals surface area (Å²) in [5.41, 5.74) is 0.824. The van der Waals surface area contributed by atoms with Gasteiger partial charge in [-0.1, -0.05) is 68.4 Å². The Balaban J connectivity index is 1.91. The van der Waals surface area contributed by atoms with Crippen molar-refractivity contribution in [3.05, 3.63) is 76.2 Å². The number of nitro groups is 1. The van der Waals surface area contributed by atoms with E-state index in [-0.39, 0.29) is 23.3 Å². The predicted octanol–water partition coefficient (Wildman–Crippen LogP) is 4.09. The largest absolute Gasteiger partial charge is 0.344 e. The smallest absolute Gasteiger partial charge is 0.270 e. The van der Waals surface area contributed by atoms with Crippen molar-refractivity contribution >= 4 is 11.6 Å². The van der Waals surface area contributed by atoms with Crippen LogP contribution in [0, 0.1) is 15.5 Å². The molecule has 150 valence electrons. The number of non-ortho nitro benzene ring substituents is 1. The van der Waals surface area contributed by atoms with Crippen molar-refractivity contribution in [1.82, 2.24) is 15.5 Å². The summed E-state index contributed by atoms with van der Waals surface area (Å²) in [6.45, 7) is 5.47. The minimum atomic E-state index is -0.585. The van der Waals surface area contributed by atoms with Gasteiger partial charge in [0.1, 0.15) is 6.04 Å². The Morgan fingerprint density at radius 2 is 1.90 bits per heavy atom. The van der Waals surface area contributed by atoms with Crippen LogP contribution in [-0.2, 0) is 11.2 Å². The highest BCUT2D eigenvalue weighted by atomic mass is 16.6. The average molecular weight is 394 g/mol. The van der Waals surface area contributed by atoms with E-state index in [0.29, 0.717) is 12.0 Å². The van der Waals surface area contributed by atoms with E-state index in [1.165, 1.54) is 12.1 Å². The second-order valence-corrected chi connectivity index (χ2v) is 7.73. The molecule has 0 aliphatic rings. The number of amides is 1. The van der Waals surface area contributed by atoms with Crippen LogP contribution in [0.3, 0.4) is 0 Å². The van der Waals surface area contributed by atoms with Crippen LogP contribution in [0.5, 0.6) is 0 Å². The van der Waals surface area contributed by atoms with Gasteiger partial charge in [0.25, 0.3) is 5.69 Å². The number of nitrogens with zero attached hydrogens (tertiary/aromatic N) is 3. The summed E-state index contributed by atoms with van der Waals surface area (Å²) in [5.74, 6) is 0.327. The van der Waals surface area contributed by atoms with E-state index in [1.54, 1.807) is 12.1 Å². The van der Waals surface area contributed by atoms with E-state index in [9.17, 15) is 14.9 Å². The summed E-state index contributed by atoms with van der Waals surface area (Å²) in [6, 6.07) is 15.1. The zero-order valence-electron chi connectivity index (χ0n) is 16.5. The highest BCUT2D eigenvalue weighted by Crippen LogP contribution is 2.25. The van der Waals surface area contributed by atoms with Crippen molar-refractivity contribution in [1.29, 1.82) is 0 Å². The van der Waals surface area contributed by atoms with Gasteiger partial charge in [-0.2, -0.15) is 4.98 Å². The van der Waals surface area contributed by atoms with Gasteiger partial charge in [0.2, 0.25) is 17.6 Å². The number of aromatic nitrogens is 2. The first-order valence-electron chi connectivity index (χ1n) is 9.17. The first kappa shape index (κ1) is 20.2. The van der Waals surface area contributed by atoms with Crippen LogP contribution in [0.2, 0.25) is 0 Å². The lowest BCUT2D eigenvalue weighted by atomic mass is 9.94. The number of carbonyl (C=O) groups is 1. The quantitative estimate of drug-likeness (QED) is 0.498.